The van der Waals surface area contributed by atoms with Crippen LogP contribution >= 0.6 is 0 Å². The summed E-state index contributed by atoms with van der Waals surface area (Å²) in [5, 5.41) is 11.3. The molecule has 0 radical (unpaired) electrons. The lowest BCUT2D eigenvalue weighted by molar-refractivity contribution is -0.141. The molecule has 0 saturated carbocycles. The number of aliphatic carboxylic acids is 1. The van der Waals surface area contributed by atoms with Gasteiger partial charge in [-0.2, -0.15) is 0 Å². The molecule has 1 amide bonds. The maximum absolute atomic E-state index is 11.4. The maximum Gasteiger partial charge on any atom is 0.326 e. The molecule has 0 bridgehead atoms. The Morgan fingerprint density at radius 2 is 1.75 bits per heavy atom. The van der Waals surface area contributed by atoms with Crippen molar-refractivity contribution in [3.05, 3.63) is 0 Å². The average Bonchev–Trinajstić information content (AvgIpc) is 2.25. The molecule has 0 aromatic rings. The van der Waals surface area contributed by atoms with Crippen LogP contribution in [0.25, 0.3) is 0 Å². The zero-order valence-corrected chi connectivity index (χ0v) is 10.3. The zero-order chi connectivity index (χ0) is 12.4. The van der Waals surface area contributed by atoms with Gasteiger partial charge < -0.3 is 10.4 Å². The third kappa shape index (κ3) is 7.26. The van der Waals surface area contributed by atoms with E-state index >= 15 is 0 Å². The normalized spacial score (nSPS) is 12.1. The molecule has 0 unspecified atom stereocenters. The zero-order valence-electron chi connectivity index (χ0n) is 10.3. The highest BCUT2D eigenvalue weighted by Crippen LogP contribution is 2.05. The van der Waals surface area contributed by atoms with E-state index < -0.39 is 12.0 Å². The fourth-order valence-corrected chi connectivity index (χ4v) is 1.49. The van der Waals surface area contributed by atoms with E-state index in [9.17, 15) is 9.59 Å². The number of nitrogens with one attached hydrogen (secondary N) is 1. The number of hydrogen-bond acceptors (Lipinski definition) is 2. The summed E-state index contributed by atoms with van der Waals surface area (Å²) in [5.74, 6) is -1.10. The minimum atomic E-state index is -0.957. The van der Waals surface area contributed by atoms with E-state index in [1.807, 2.05) is 0 Å². The summed E-state index contributed by atoms with van der Waals surface area (Å²) in [6.45, 7) is 3.89. The second-order valence-electron chi connectivity index (χ2n) is 4.03. The molecule has 0 rings (SSSR count). The third-order valence-electron chi connectivity index (χ3n) is 2.55. The molecule has 0 heterocycles. The second-order valence-corrected chi connectivity index (χ2v) is 4.03. The summed E-state index contributed by atoms with van der Waals surface area (Å²) in [6.07, 6.45) is 6.30. The largest absolute Gasteiger partial charge is 0.480 e. The number of unbranched alkanes of at least 4 members (excludes halogenated alkanes) is 4. The summed E-state index contributed by atoms with van der Waals surface area (Å²) in [5.41, 5.74) is 0. The molecule has 0 aliphatic rings. The van der Waals surface area contributed by atoms with E-state index in [0.717, 1.165) is 19.3 Å². The number of carboxylic acids is 1. The number of carbonyl (C=O) groups is 2. The second kappa shape index (κ2) is 9.19. The van der Waals surface area contributed by atoms with Crippen LogP contribution in [0.2, 0.25) is 0 Å². The lowest BCUT2D eigenvalue weighted by Crippen LogP contribution is -2.40. The predicted molar refractivity (Wildman–Crippen MR) is 63.2 cm³/mol. The van der Waals surface area contributed by atoms with E-state index in [4.69, 9.17) is 5.11 Å². The smallest absolute Gasteiger partial charge is 0.326 e. The number of hydrogen-bond donors (Lipinski definition) is 2. The van der Waals surface area contributed by atoms with Gasteiger partial charge in [-0.25, -0.2) is 4.79 Å². The molecule has 94 valence electrons. The predicted octanol–water partition coefficient (Wildman–Crippen LogP) is 2.33. The first-order valence-corrected chi connectivity index (χ1v) is 6.14. The Hall–Kier alpha value is -1.06. The highest BCUT2D eigenvalue weighted by Gasteiger charge is 2.16. The van der Waals surface area contributed by atoms with Gasteiger partial charge in [0, 0.05) is 6.42 Å². The highest BCUT2D eigenvalue weighted by atomic mass is 16.4. The van der Waals surface area contributed by atoms with Gasteiger partial charge in [0.05, 0.1) is 0 Å². The molecule has 0 saturated heterocycles. The van der Waals surface area contributed by atoms with Crippen molar-refractivity contribution in [3.63, 3.8) is 0 Å². The first-order chi connectivity index (χ1) is 7.61. The Labute approximate surface area is 97.4 Å². The number of amides is 1. The quantitative estimate of drug-likeness (QED) is 0.596. The number of carbonyl (C=O) groups excluding carboxylic acids is 1. The summed E-state index contributed by atoms with van der Waals surface area (Å²) in [7, 11) is 0. The van der Waals surface area contributed by atoms with Crippen LogP contribution in [-0.2, 0) is 9.59 Å². The molecular weight excluding hydrogens is 206 g/mol. The topological polar surface area (TPSA) is 66.4 Å². The number of carboxylic acid groups (broad SMARTS) is 1. The van der Waals surface area contributed by atoms with Gasteiger partial charge in [-0.1, -0.05) is 39.5 Å². The molecule has 0 aliphatic carbocycles. The highest BCUT2D eigenvalue weighted by molar-refractivity contribution is 5.83. The van der Waals surface area contributed by atoms with E-state index in [1.165, 1.54) is 12.8 Å². The van der Waals surface area contributed by atoms with Crippen molar-refractivity contribution in [1.29, 1.82) is 0 Å². The molecule has 0 aromatic heterocycles. The van der Waals surface area contributed by atoms with E-state index in [-0.39, 0.29) is 5.91 Å². The Morgan fingerprint density at radius 3 is 2.25 bits per heavy atom. The fraction of sp³-hybridized carbons (Fsp3) is 0.833. The van der Waals surface area contributed by atoms with E-state index in [1.54, 1.807) is 6.92 Å². The van der Waals surface area contributed by atoms with Crippen molar-refractivity contribution in [2.45, 2.75) is 64.8 Å². The monoisotopic (exact) mass is 229 g/mol. The molecule has 4 nitrogen and oxygen atoms in total. The van der Waals surface area contributed by atoms with Crippen LogP contribution in [0.15, 0.2) is 0 Å². The van der Waals surface area contributed by atoms with E-state index in [0.29, 0.717) is 12.8 Å². The van der Waals surface area contributed by atoms with Gasteiger partial charge in [0.1, 0.15) is 6.04 Å². The van der Waals surface area contributed by atoms with Crippen molar-refractivity contribution in [3.8, 4) is 0 Å². The fourth-order valence-electron chi connectivity index (χ4n) is 1.49. The van der Waals surface area contributed by atoms with Crippen molar-refractivity contribution in [1.82, 2.24) is 5.32 Å². The van der Waals surface area contributed by atoms with Crippen molar-refractivity contribution in [2.24, 2.45) is 0 Å². The molecule has 0 aliphatic heterocycles. The van der Waals surface area contributed by atoms with Gasteiger partial charge in [0.15, 0.2) is 0 Å². The van der Waals surface area contributed by atoms with Crippen molar-refractivity contribution >= 4 is 11.9 Å². The Kier molecular flexibility index (Phi) is 8.58. The van der Waals surface area contributed by atoms with Gasteiger partial charge in [-0.15, -0.1) is 0 Å². The number of rotatable bonds is 9. The van der Waals surface area contributed by atoms with Crippen LogP contribution < -0.4 is 5.32 Å². The first kappa shape index (κ1) is 14.9. The molecule has 1 atom stereocenters. The summed E-state index contributed by atoms with van der Waals surface area (Å²) < 4.78 is 0. The molecule has 0 aromatic carbocycles. The van der Waals surface area contributed by atoms with Crippen LogP contribution in [-0.4, -0.2) is 23.0 Å². The molecule has 0 fully saturated rings. The maximum atomic E-state index is 11.4. The molecule has 2 N–H and O–H groups in total. The SMILES string of the molecule is CCCCCCCC(=O)N[C@@H](CC)C(=O)O. The molecule has 16 heavy (non-hydrogen) atoms. The van der Waals surface area contributed by atoms with Crippen LogP contribution in [0.5, 0.6) is 0 Å². The van der Waals surface area contributed by atoms with Crippen LogP contribution in [0.1, 0.15) is 58.8 Å². The molecular formula is C12H23NO3. The van der Waals surface area contributed by atoms with Gasteiger partial charge in [-0.3, -0.25) is 4.79 Å². The summed E-state index contributed by atoms with van der Waals surface area (Å²) >= 11 is 0. The van der Waals surface area contributed by atoms with Crippen LogP contribution in [0, 0.1) is 0 Å². The minimum absolute atomic E-state index is 0.147. The Bertz CT molecular complexity index is 216. The van der Waals surface area contributed by atoms with Crippen LogP contribution in [0.3, 0.4) is 0 Å². The summed E-state index contributed by atoms with van der Waals surface area (Å²) in [4.78, 5) is 22.0. The standard InChI is InChI=1S/C12H23NO3/c1-3-5-6-7-8-9-11(14)13-10(4-2)12(15)16/h10H,3-9H2,1-2H3,(H,13,14)(H,15,16)/t10-/m0/s1. The van der Waals surface area contributed by atoms with Crippen LogP contribution in [0.4, 0.5) is 0 Å². The van der Waals surface area contributed by atoms with Gasteiger partial charge in [0.2, 0.25) is 5.91 Å². The third-order valence-corrected chi connectivity index (χ3v) is 2.55. The van der Waals surface area contributed by atoms with Gasteiger partial charge >= 0.3 is 5.97 Å². The summed E-state index contributed by atoms with van der Waals surface area (Å²) in [6, 6.07) is -0.733. The molecule has 0 spiro atoms. The lowest BCUT2D eigenvalue weighted by Gasteiger charge is -2.11. The lowest BCUT2D eigenvalue weighted by atomic mass is 10.1. The van der Waals surface area contributed by atoms with Crippen molar-refractivity contribution < 1.29 is 14.7 Å². The van der Waals surface area contributed by atoms with E-state index in [2.05, 4.69) is 12.2 Å². The molecule has 4 heteroatoms. The Morgan fingerprint density at radius 1 is 1.12 bits per heavy atom. The van der Waals surface area contributed by atoms with Gasteiger partial charge in [-0.05, 0) is 12.8 Å². The van der Waals surface area contributed by atoms with Gasteiger partial charge in [0.25, 0.3) is 0 Å². The first-order valence-electron chi connectivity index (χ1n) is 6.14. The van der Waals surface area contributed by atoms with Crippen molar-refractivity contribution in [2.75, 3.05) is 0 Å². The average molecular weight is 229 g/mol. The Balaban J connectivity index is 3.61. The minimum Gasteiger partial charge on any atom is -0.480 e.